The number of nitrogens with one attached hydrogen (secondary N) is 2. The van der Waals surface area contributed by atoms with Crippen molar-refractivity contribution in [2.45, 2.75) is 44.7 Å². The van der Waals surface area contributed by atoms with Crippen LogP contribution in [0.4, 0.5) is 14.9 Å². The van der Waals surface area contributed by atoms with E-state index in [1.807, 2.05) is 12.1 Å². The number of amides is 3. The lowest BCUT2D eigenvalue weighted by Gasteiger charge is -2.41. The van der Waals surface area contributed by atoms with Crippen LogP contribution >= 0.6 is 0 Å². The van der Waals surface area contributed by atoms with E-state index in [-0.39, 0.29) is 30.2 Å². The molecule has 3 heterocycles. The predicted molar refractivity (Wildman–Crippen MR) is 129 cm³/mol. The number of ether oxygens (including phenoxy) is 1. The van der Waals surface area contributed by atoms with Gasteiger partial charge in [-0.05, 0) is 56.9 Å². The zero-order chi connectivity index (χ0) is 25.0. The second-order valence-electron chi connectivity index (χ2n) is 9.99. The van der Waals surface area contributed by atoms with Crippen molar-refractivity contribution in [1.29, 1.82) is 0 Å². The van der Waals surface area contributed by atoms with E-state index in [1.54, 1.807) is 4.90 Å². The lowest BCUT2D eigenvalue weighted by molar-refractivity contribution is -0.137. The molecular formula is C25H36FN5O4. The lowest BCUT2D eigenvalue weighted by atomic mass is 9.75. The van der Waals surface area contributed by atoms with Gasteiger partial charge >= 0.3 is 6.09 Å². The fourth-order valence-corrected chi connectivity index (χ4v) is 5.67. The number of piperazine rings is 1. The van der Waals surface area contributed by atoms with E-state index in [2.05, 4.69) is 32.1 Å². The van der Waals surface area contributed by atoms with Crippen LogP contribution in [0.1, 0.15) is 32.6 Å². The van der Waals surface area contributed by atoms with Crippen molar-refractivity contribution in [2.75, 3.05) is 57.8 Å². The quantitative estimate of drug-likeness (QED) is 0.630. The number of likely N-dealkylation sites (tertiary alicyclic amines) is 1. The summed E-state index contributed by atoms with van der Waals surface area (Å²) >= 11 is 0. The molecule has 3 aliphatic rings. The number of benzene rings is 1. The molecule has 3 amide bonds. The Labute approximate surface area is 205 Å². The largest absolute Gasteiger partial charge is 0.453 e. The molecule has 0 saturated carbocycles. The van der Waals surface area contributed by atoms with Gasteiger partial charge in [-0.3, -0.25) is 14.5 Å². The molecule has 0 radical (unpaired) electrons. The van der Waals surface area contributed by atoms with Crippen LogP contribution in [0.2, 0.25) is 0 Å². The molecule has 3 fully saturated rings. The van der Waals surface area contributed by atoms with Gasteiger partial charge in [0.2, 0.25) is 11.8 Å². The summed E-state index contributed by atoms with van der Waals surface area (Å²) in [5.74, 6) is -0.268. The average Bonchev–Trinajstić information content (AvgIpc) is 3.16. The van der Waals surface area contributed by atoms with Crippen molar-refractivity contribution >= 4 is 23.6 Å². The molecule has 1 aromatic rings. The summed E-state index contributed by atoms with van der Waals surface area (Å²) in [5.41, 5.74) is 0.653. The SMILES string of the molecule is COC(=O)NCC(=O)N1CCC2(CC1)C[C@H](CCN1CCN(c3ccc(F)cc3)[C@H](C)C1)NC2=O. The number of carbonyl (C=O) groups excluding carboxylic acids is 3. The summed E-state index contributed by atoms with van der Waals surface area (Å²) in [6, 6.07) is 7.16. The highest BCUT2D eigenvalue weighted by Crippen LogP contribution is 2.41. The highest BCUT2D eigenvalue weighted by Gasteiger charge is 2.48. The Hall–Kier alpha value is -2.88. The smallest absolute Gasteiger partial charge is 0.407 e. The van der Waals surface area contributed by atoms with Crippen LogP contribution in [0.3, 0.4) is 0 Å². The van der Waals surface area contributed by atoms with Crippen molar-refractivity contribution in [3.63, 3.8) is 0 Å². The zero-order valence-electron chi connectivity index (χ0n) is 20.6. The van der Waals surface area contributed by atoms with Crippen LogP contribution in [-0.4, -0.2) is 92.7 Å². The number of piperidine rings is 1. The molecule has 2 N–H and O–H groups in total. The summed E-state index contributed by atoms with van der Waals surface area (Å²) in [7, 11) is 1.26. The van der Waals surface area contributed by atoms with Crippen molar-refractivity contribution in [3.05, 3.63) is 30.1 Å². The standard InChI is InChI=1S/C25H36FN5O4/c1-18-17-29(13-14-31(18)21-5-3-19(26)4-6-21)10-7-20-15-25(23(33)28-20)8-11-30(12-9-25)22(32)16-27-24(34)35-2/h3-6,18,20H,7-17H2,1-2H3,(H,27,34)(H,28,33)/t18-,20+/m1/s1. The maximum Gasteiger partial charge on any atom is 0.407 e. The van der Waals surface area contributed by atoms with Gasteiger partial charge in [0.05, 0.1) is 12.5 Å². The van der Waals surface area contributed by atoms with E-state index in [0.717, 1.165) is 44.7 Å². The van der Waals surface area contributed by atoms with E-state index in [4.69, 9.17) is 0 Å². The van der Waals surface area contributed by atoms with Gasteiger partial charge in [0.25, 0.3) is 0 Å². The van der Waals surface area contributed by atoms with Gasteiger partial charge in [-0.1, -0.05) is 0 Å². The third-order valence-electron chi connectivity index (χ3n) is 7.76. The Morgan fingerprint density at radius 2 is 1.89 bits per heavy atom. The molecule has 0 aliphatic carbocycles. The molecule has 0 bridgehead atoms. The first kappa shape index (κ1) is 25.2. The first-order valence-corrected chi connectivity index (χ1v) is 12.4. The zero-order valence-corrected chi connectivity index (χ0v) is 20.6. The van der Waals surface area contributed by atoms with Crippen molar-refractivity contribution in [1.82, 2.24) is 20.4 Å². The maximum atomic E-state index is 13.3. The summed E-state index contributed by atoms with van der Waals surface area (Å²) in [6.45, 7) is 6.81. The fraction of sp³-hybridized carbons (Fsp3) is 0.640. The van der Waals surface area contributed by atoms with Crippen LogP contribution in [0, 0.1) is 11.2 Å². The normalized spacial score (nSPS) is 24.4. The van der Waals surface area contributed by atoms with Gasteiger partial charge in [-0.15, -0.1) is 0 Å². The summed E-state index contributed by atoms with van der Waals surface area (Å²) < 4.78 is 17.8. The number of anilines is 1. The third kappa shape index (κ3) is 5.86. The number of halogens is 1. The first-order chi connectivity index (χ1) is 16.8. The third-order valence-corrected chi connectivity index (χ3v) is 7.76. The molecule has 9 nitrogen and oxygen atoms in total. The molecule has 3 aliphatic heterocycles. The predicted octanol–water partition coefficient (Wildman–Crippen LogP) is 1.58. The second kappa shape index (κ2) is 10.8. The minimum atomic E-state index is -0.629. The molecule has 1 aromatic carbocycles. The fourth-order valence-electron chi connectivity index (χ4n) is 5.67. The van der Waals surface area contributed by atoms with Gasteiger partial charge in [-0.25, -0.2) is 9.18 Å². The van der Waals surface area contributed by atoms with E-state index in [1.165, 1.54) is 19.2 Å². The Balaban J connectivity index is 1.21. The van der Waals surface area contributed by atoms with Crippen LogP contribution in [-0.2, 0) is 14.3 Å². The van der Waals surface area contributed by atoms with E-state index >= 15 is 0 Å². The summed E-state index contributed by atoms with van der Waals surface area (Å²) in [6.07, 6.45) is 2.37. The Morgan fingerprint density at radius 1 is 1.17 bits per heavy atom. The minimum Gasteiger partial charge on any atom is -0.453 e. The lowest BCUT2D eigenvalue weighted by Crippen LogP contribution is -2.52. The van der Waals surface area contributed by atoms with Crippen molar-refractivity contribution in [3.8, 4) is 0 Å². The summed E-state index contributed by atoms with van der Waals surface area (Å²) in [5, 5.41) is 5.63. The molecule has 35 heavy (non-hydrogen) atoms. The second-order valence-corrected chi connectivity index (χ2v) is 9.99. The number of rotatable bonds is 6. The monoisotopic (exact) mass is 489 g/mol. The molecule has 3 saturated heterocycles. The van der Waals surface area contributed by atoms with Crippen molar-refractivity contribution in [2.24, 2.45) is 5.41 Å². The van der Waals surface area contributed by atoms with Crippen LogP contribution in [0.25, 0.3) is 0 Å². The molecule has 0 unspecified atom stereocenters. The summed E-state index contributed by atoms with van der Waals surface area (Å²) in [4.78, 5) is 42.9. The average molecular weight is 490 g/mol. The Bertz CT molecular complexity index is 919. The van der Waals surface area contributed by atoms with Crippen LogP contribution in [0.5, 0.6) is 0 Å². The number of nitrogens with zero attached hydrogens (tertiary/aromatic N) is 3. The van der Waals surface area contributed by atoms with E-state index in [0.29, 0.717) is 32.0 Å². The van der Waals surface area contributed by atoms with Gasteiger partial charge in [0, 0.05) is 57.0 Å². The maximum absolute atomic E-state index is 13.3. The van der Waals surface area contributed by atoms with Gasteiger partial charge in [-0.2, -0.15) is 0 Å². The van der Waals surface area contributed by atoms with E-state index < -0.39 is 11.5 Å². The highest BCUT2D eigenvalue weighted by molar-refractivity contribution is 5.86. The minimum absolute atomic E-state index is 0.0959. The molecular weight excluding hydrogens is 453 g/mol. The highest BCUT2D eigenvalue weighted by atomic mass is 19.1. The number of carbonyl (C=O) groups is 3. The van der Waals surface area contributed by atoms with Crippen LogP contribution < -0.4 is 15.5 Å². The molecule has 2 atom stereocenters. The molecule has 4 rings (SSSR count). The molecule has 10 heteroatoms. The first-order valence-electron chi connectivity index (χ1n) is 12.4. The van der Waals surface area contributed by atoms with Gasteiger partial charge in [0.1, 0.15) is 12.4 Å². The van der Waals surface area contributed by atoms with Gasteiger partial charge < -0.3 is 25.2 Å². The van der Waals surface area contributed by atoms with Crippen molar-refractivity contribution < 1.29 is 23.5 Å². The number of hydrogen-bond donors (Lipinski definition) is 2. The molecule has 0 aromatic heterocycles. The molecule has 1 spiro atoms. The number of alkyl carbamates (subject to hydrolysis) is 1. The number of hydrogen-bond acceptors (Lipinski definition) is 6. The molecule has 192 valence electrons. The van der Waals surface area contributed by atoms with Gasteiger partial charge in [0.15, 0.2) is 0 Å². The Kier molecular flexibility index (Phi) is 7.78. The van der Waals surface area contributed by atoms with Crippen LogP contribution in [0.15, 0.2) is 24.3 Å². The Morgan fingerprint density at radius 3 is 2.54 bits per heavy atom. The van der Waals surface area contributed by atoms with E-state index in [9.17, 15) is 18.8 Å². The topological polar surface area (TPSA) is 94.2 Å². The number of methoxy groups -OCH3 is 1.